The molecule has 2 bridgehead atoms. The van der Waals surface area contributed by atoms with Crippen molar-refractivity contribution in [2.75, 3.05) is 23.0 Å². The number of nitrogens with zero attached hydrogens (tertiary/aromatic N) is 2. The van der Waals surface area contributed by atoms with Gasteiger partial charge in [-0.1, -0.05) is 12.1 Å². The summed E-state index contributed by atoms with van der Waals surface area (Å²) in [7, 11) is 0. The number of carbonyl (C=O) groups excluding carboxylic acids is 4. The maximum atomic E-state index is 13.2. The van der Waals surface area contributed by atoms with Gasteiger partial charge >= 0.3 is 5.97 Å². The molecular formula is C29H30N2O6. The Bertz CT molecular complexity index is 1280. The van der Waals surface area contributed by atoms with Crippen molar-refractivity contribution in [3.63, 3.8) is 0 Å². The number of amides is 3. The second kappa shape index (κ2) is 9.01. The van der Waals surface area contributed by atoms with Gasteiger partial charge in [0.25, 0.3) is 0 Å². The Morgan fingerprint density at radius 3 is 2.35 bits per heavy atom. The van der Waals surface area contributed by atoms with Gasteiger partial charge in [0.05, 0.1) is 35.7 Å². The molecule has 2 saturated carbocycles. The maximum Gasteiger partial charge on any atom is 0.316 e. The lowest BCUT2D eigenvalue weighted by Crippen LogP contribution is -2.33. The van der Waals surface area contributed by atoms with E-state index in [4.69, 9.17) is 9.47 Å². The van der Waals surface area contributed by atoms with Gasteiger partial charge in [-0.3, -0.25) is 19.2 Å². The van der Waals surface area contributed by atoms with Crippen LogP contribution in [-0.4, -0.2) is 36.8 Å². The number of esters is 1. The van der Waals surface area contributed by atoms with E-state index in [-0.39, 0.29) is 42.5 Å². The zero-order valence-corrected chi connectivity index (χ0v) is 21.0. The Kier molecular flexibility index (Phi) is 5.77. The van der Waals surface area contributed by atoms with Crippen molar-refractivity contribution < 1.29 is 28.7 Å². The monoisotopic (exact) mass is 502 g/mol. The van der Waals surface area contributed by atoms with E-state index in [1.54, 1.807) is 42.2 Å². The van der Waals surface area contributed by atoms with Crippen molar-refractivity contribution >= 4 is 35.1 Å². The largest absolute Gasteiger partial charge is 0.492 e. The number of rotatable bonds is 6. The SMILES string of the molecule is CCOc1ccccc1N1C[C@H](C(=O)Oc2ccc(N3C(=O)[C@@H]4[C@H]5CC[C@@H](C5)[C@@H]4C3=O)c(C)c2)CC1=O. The van der Waals surface area contributed by atoms with E-state index in [1.165, 1.54) is 4.90 Å². The van der Waals surface area contributed by atoms with Crippen molar-refractivity contribution in [2.24, 2.45) is 29.6 Å². The third-order valence-corrected chi connectivity index (χ3v) is 8.47. The van der Waals surface area contributed by atoms with Crippen LogP contribution in [0.1, 0.15) is 38.2 Å². The molecule has 192 valence electrons. The predicted molar refractivity (Wildman–Crippen MR) is 135 cm³/mol. The summed E-state index contributed by atoms with van der Waals surface area (Å²) >= 11 is 0. The minimum absolute atomic E-state index is 0.0538. The molecule has 2 heterocycles. The first-order chi connectivity index (χ1) is 17.9. The topological polar surface area (TPSA) is 93.2 Å². The Hall–Kier alpha value is -3.68. The van der Waals surface area contributed by atoms with Gasteiger partial charge in [0.2, 0.25) is 17.7 Å². The van der Waals surface area contributed by atoms with Crippen LogP contribution in [0.15, 0.2) is 42.5 Å². The van der Waals surface area contributed by atoms with Crippen LogP contribution < -0.4 is 19.3 Å². The van der Waals surface area contributed by atoms with Crippen LogP contribution in [-0.2, 0) is 19.2 Å². The normalized spacial score (nSPS) is 28.3. The number of carbonyl (C=O) groups is 4. The molecule has 37 heavy (non-hydrogen) atoms. The summed E-state index contributed by atoms with van der Waals surface area (Å²) in [6.07, 6.45) is 3.11. The van der Waals surface area contributed by atoms with E-state index >= 15 is 0 Å². The average molecular weight is 503 g/mol. The fraction of sp³-hybridized carbons (Fsp3) is 0.448. The van der Waals surface area contributed by atoms with Gasteiger partial charge in [0.1, 0.15) is 11.5 Å². The molecule has 0 radical (unpaired) electrons. The summed E-state index contributed by atoms with van der Waals surface area (Å²) in [5.74, 6) is -0.233. The molecule has 2 saturated heterocycles. The molecule has 0 unspecified atom stereocenters. The van der Waals surface area contributed by atoms with Crippen molar-refractivity contribution in [2.45, 2.75) is 39.5 Å². The molecule has 0 aromatic heterocycles. The Morgan fingerprint density at radius 2 is 1.68 bits per heavy atom. The van der Waals surface area contributed by atoms with Gasteiger partial charge in [-0.2, -0.15) is 0 Å². The number of anilines is 2. The molecule has 4 fully saturated rings. The van der Waals surface area contributed by atoms with Gasteiger partial charge in [0, 0.05) is 13.0 Å². The summed E-state index contributed by atoms with van der Waals surface area (Å²) in [6.45, 7) is 4.36. The number of hydrogen-bond donors (Lipinski definition) is 0. The molecular weight excluding hydrogens is 472 g/mol. The van der Waals surface area contributed by atoms with E-state index in [0.29, 0.717) is 46.9 Å². The van der Waals surface area contributed by atoms with Crippen LogP contribution in [0.25, 0.3) is 0 Å². The first-order valence-electron chi connectivity index (χ1n) is 13.1. The van der Waals surface area contributed by atoms with Crippen LogP contribution in [0.2, 0.25) is 0 Å². The molecule has 8 nitrogen and oxygen atoms in total. The molecule has 2 aliphatic heterocycles. The third-order valence-electron chi connectivity index (χ3n) is 8.47. The van der Waals surface area contributed by atoms with E-state index in [9.17, 15) is 19.2 Å². The second-order valence-electron chi connectivity index (χ2n) is 10.6. The maximum absolute atomic E-state index is 13.2. The average Bonchev–Trinajstić information content (AvgIpc) is 3.64. The molecule has 2 aromatic rings. The van der Waals surface area contributed by atoms with Gasteiger partial charge in [0.15, 0.2) is 0 Å². The number of fused-ring (bicyclic) bond motifs is 5. The quantitative estimate of drug-likeness (QED) is 0.338. The Balaban J connectivity index is 1.15. The number of imide groups is 1. The Labute approximate surface area is 215 Å². The number of ether oxygens (including phenoxy) is 2. The molecule has 0 spiro atoms. The van der Waals surface area contributed by atoms with Crippen LogP contribution >= 0.6 is 0 Å². The minimum Gasteiger partial charge on any atom is -0.492 e. The van der Waals surface area contributed by atoms with Gasteiger partial charge in [-0.25, -0.2) is 4.90 Å². The van der Waals surface area contributed by atoms with Crippen LogP contribution in [0.4, 0.5) is 11.4 Å². The van der Waals surface area contributed by atoms with Crippen LogP contribution in [0, 0.1) is 36.5 Å². The lowest BCUT2D eigenvalue weighted by molar-refractivity contribution is -0.139. The highest BCUT2D eigenvalue weighted by Crippen LogP contribution is 2.56. The summed E-state index contributed by atoms with van der Waals surface area (Å²) in [4.78, 5) is 55.0. The fourth-order valence-electron chi connectivity index (χ4n) is 6.84. The van der Waals surface area contributed by atoms with E-state index in [0.717, 1.165) is 19.3 Å². The number of benzene rings is 2. The van der Waals surface area contributed by atoms with E-state index < -0.39 is 11.9 Å². The first-order valence-corrected chi connectivity index (χ1v) is 13.1. The molecule has 0 N–H and O–H groups in total. The zero-order chi connectivity index (χ0) is 25.8. The second-order valence-corrected chi connectivity index (χ2v) is 10.6. The molecule has 6 rings (SSSR count). The molecule has 3 amide bonds. The minimum atomic E-state index is -0.612. The van der Waals surface area contributed by atoms with Crippen molar-refractivity contribution in [1.82, 2.24) is 0 Å². The third kappa shape index (κ3) is 3.81. The van der Waals surface area contributed by atoms with Crippen LogP contribution in [0.5, 0.6) is 11.5 Å². The smallest absolute Gasteiger partial charge is 0.316 e. The highest BCUT2D eigenvalue weighted by atomic mass is 16.5. The van der Waals surface area contributed by atoms with Crippen molar-refractivity contribution in [1.29, 1.82) is 0 Å². The standard InChI is InChI=1S/C29H30N2O6/c1-3-36-23-7-5-4-6-22(23)30-15-19(14-24(30)32)29(35)37-20-10-11-21(16(2)12-20)31-27(33)25-17-8-9-18(13-17)26(25)28(31)34/h4-7,10-12,17-19,25-26H,3,8-9,13-15H2,1-2H3/t17-,18-,19+,25-,26+/m0/s1. The number of para-hydroxylation sites is 2. The summed E-state index contributed by atoms with van der Waals surface area (Å²) < 4.78 is 11.3. The molecule has 8 heteroatoms. The van der Waals surface area contributed by atoms with Gasteiger partial charge in [-0.05, 0) is 80.8 Å². The molecule has 4 aliphatic rings. The summed E-state index contributed by atoms with van der Waals surface area (Å²) in [6, 6.07) is 12.2. The predicted octanol–water partition coefficient (Wildman–Crippen LogP) is 3.89. The molecule has 5 atom stereocenters. The van der Waals surface area contributed by atoms with Crippen molar-refractivity contribution in [3.05, 3.63) is 48.0 Å². The summed E-state index contributed by atoms with van der Waals surface area (Å²) in [5, 5.41) is 0. The highest BCUT2D eigenvalue weighted by molar-refractivity contribution is 6.23. The zero-order valence-electron chi connectivity index (χ0n) is 21.0. The lowest BCUT2D eigenvalue weighted by atomic mass is 9.81. The number of aryl methyl sites for hydroxylation is 1. The van der Waals surface area contributed by atoms with Gasteiger partial charge < -0.3 is 14.4 Å². The van der Waals surface area contributed by atoms with Gasteiger partial charge in [-0.15, -0.1) is 0 Å². The molecule has 2 aromatic carbocycles. The Morgan fingerprint density at radius 1 is 0.973 bits per heavy atom. The first kappa shape index (κ1) is 23.7. The highest BCUT2D eigenvalue weighted by Gasteiger charge is 2.61. The lowest BCUT2D eigenvalue weighted by Gasteiger charge is -2.20. The van der Waals surface area contributed by atoms with E-state index in [1.807, 2.05) is 19.1 Å². The fourth-order valence-corrected chi connectivity index (χ4v) is 6.84. The molecule has 2 aliphatic carbocycles. The van der Waals surface area contributed by atoms with Crippen molar-refractivity contribution in [3.8, 4) is 11.5 Å². The van der Waals surface area contributed by atoms with E-state index in [2.05, 4.69) is 0 Å². The summed E-state index contributed by atoms with van der Waals surface area (Å²) in [5.41, 5.74) is 1.88. The number of hydrogen-bond acceptors (Lipinski definition) is 6. The van der Waals surface area contributed by atoms with Crippen LogP contribution in [0.3, 0.4) is 0 Å².